The number of anilines is 1. The summed E-state index contributed by atoms with van der Waals surface area (Å²) in [5.74, 6) is 2.29. The Morgan fingerprint density at radius 1 is 1.14 bits per heavy atom. The van der Waals surface area contributed by atoms with Crippen molar-refractivity contribution in [3.8, 4) is 11.5 Å². The van der Waals surface area contributed by atoms with Crippen molar-refractivity contribution in [1.29, 1.82) is 0 Å². The third-order valence-corrected chi connectivity index (χ3v) is 5.14. The van der Waals surface area contributed by atoms with E-state index in [-0.39, 0.29) is 17.8 Å². The standard InChI is InChI=1S/C21H24N4O3S/c1-4-25-20(15(2)28-18-12-8-11-17(13-18)27-3)23-24-21(25)29-14-19(26)22-16-9-6-5-7-10-16/h5-13,15H,4,14H2,1-3H3,(H,22,26). The molecule has 0 fully saturated rings. The second kappa shape index (κ2) is 9.97. The smallest absolute Gasteiger partial charge is 0.234 e. The molecule has 7 nitrogen and oxygen atoms in total. The summed E-state index contributed by atoms with van der Waals surface area (Å²) in [5, 5.41) is 12.1. The molecule has 0 aliphatic heterocycles. The van der Waals surface area contributed by atoms with Crippen molar-refractivity contribution in [2.24, 2.45) is 0 Å². The van der Waals surface area contributed by atoms with Crippen molar-refractivity contribution in [1.82, 2.24) is 14.8 Å². The van der Waals surface area contributed by atoms with E-state index in [1.807, 2.05) is 73.0 Å². The summed E-state index contributed by atoms with van der Waals surface area (Å²) in [6.45, 7) is 4.61. The molecule has 1 heterocycles. The molecule has 1 aromatic heterocycles. The largest absolute Gasteiger partial charge is 0.497 e. The molecular formula is C21H24N4O3S. The molecule has 2 aromatic carbocycles. The zero-order chi connectivity index (χ0) is 20.6. The summed E-state index contributed by atoms with van der Waals surface area (Å²) in [6, 6.07) is 16.8. The molecular weight excluding hydrogens is 388 g/mol. The fourth-order valence-electron chi connectivity index (χ4n) is 2.78. The maximum Gasteiger partial charge on any atom is 0.234 e. The van der Waals surface area contributed by atoms with Gasteiger partial charge in [-0.1, -0.05) is 36.0 Å². The van der Waals surface area contributed by atoms with Gasteiger partial charge in [0, 0.05) is 18.3 Å². The molecule has 1 unspecified atom stereocenters. The molecule has 1 atom stereocenters. The number of nitrogens with one attached hydrogen (secondary N) is 1. The van der Waals surface area contributed by atoms with Gasteiger partial charge in [0.25, 0.3) is 0 Å². The van der Waals surface area contributed by atoms with Crippen LogP contribution in [0.5, 0.6) is 11.5 Å². The number of para-hydroxylation sites is 1. The number of rotatable bonds is 9. The maximum absolute atomic E-state index is 12.2. The number of nitrogens with zero attached hydrogens (tertiary/aromatic N) is 3. The van der Waals surface area contributed by atoms with E-state index in [1.54, 1.807) is 7.11 Å². The SMILES string of the molecule is CCn1c(SCC(=O)Nc2ccccc2)nnc1C(C)Oc1cccc(OC)c1. The number of carbonyl (C=O) groups excluding carboxylic acids is 1. The van der Waals surface area contributed by atoms with Crippen molar-refractivity contribution in [3.63, 3.8) is 0 Å². The van der Waals surface area contributed by atoms with E-state index in [0.717, 1.165) is 11.4 Å². The average Bonchev–Trinajstić information content (AvgIpc) is 3.16. The Kier molecular flexibility index (Phi) is 7.13. The lowest BCUT2D eigenvalue weighted by atomic mass is 10.3. The van der Waals surface area contributed by atoms with E-state index in [1.165, 1.54) is 11.8 Å². The van der Waals surface area contributed by atoms with Crippen molar-refractivity contribution in [3.05, 3.63) is 60.4 Å². The first-order valence-electron chi connectivity index (χ1n) is 9.32. The lowest BCUT2D eigenvalue weighted by Gasteiger charge is -2.16. The van der Waals surface area contributed by atoms with E-state index in [9.17, 15) is 4.79 Å². The predicted molar refractivity (Wildman–Crippen MR) is 114 cm³/mol. The highest BCUT2D eigenvalue weighted by Gasteiger charge is 2.19. The van der Waals surface area contributed by atoms with Crippen LogP contribution in [0.3, 0.4) is 0 Å². The lowest BCUT2D eigenvalue weighted by Crippen LogP contribution is -2.15. The summed E-state index contributed by atoms with van der Waals surface area (Å²) in [5.41, 5.74) is 0.774. The Hall–Kier alpha value is -3.00. The molecule has 1 N–H and O–H groups in total. The highest BCUT2D eigenvalue weighted by molar-refractivity contribution is 7.99. The van der Waals surface area contributed by atoms with E-state index in [4.69, 9.17) is 9.47 Å². The second-order valence-corrected chi connectivity index (χ2v) is 7.17. The van der Waals surface area contributed by atoms with Crippen LogP contribution in [0.1, 0.15) is 25.8 Å². The van der Waals surface area contributed by atoms with Gasteiger partial charge < -0.3 is 19.4 Å². The summed E-state index contributed by atoms with van der Waals surface area (Å²) >= 11 is 1.35. The molecule has 0 spiro atoms. The van der Waals surface area contributed by atoms with E-state index >= 15 is 0 Å². The topological polar surface area (TPSA) is 78.3 Å². The number of benzene rings is 2. The molecule has 0 bridgehead atoms. The highest BCUT2D eigenvalue weighted by atomic mass is 32.2. The van der Waals surface area contributed by atoms with Gasteiger partial charge in [0.1, 0.15) is 11.5 Å². The van der Waals surface area contributed by atoms with Gasteiger partial charge in [0.2, 0.25) is 5.91 Å². The van der Waals surface area contributed by atoms with Gasteiger partial charge in [-0.3, -0.25) is 4.79 Å². The Morgan fingerprint density at radius 2 is 1.90 bits per heavy atom. The van der Waals surface area contributed by atoms with Crippen molar-refractivity contribution >= 4 is 23.4 Å². The number of aromatic nitrogens is 3. The zero-order valence-corrected chi connectivity index (χ0v) is 17.5. The minimum absolute atomic E-state index is 0.0888. The van der Waals surface area contributed by atoms with Gasteiger partial charge in [-0.05, 0) is 38.1 Å². The van der Waals surface area contributed by atoms with Crippen molar-refractivity contribution in [2.45, 2.75) is 31.7 Å². The third-order valence-electron chi connectivity index (χ3n) is 4.17. The van der Waals surface area contributed by atoms with Crippen LogP contribution in [0.4, 0.5) is 5.69 Å². The molecule has 0 saturated heterocycles. The number of hydrogen-bond donors (Lipinski definition) is 1. The van der Waals surface area contributed by atoms with Crippen LogP contribution in [0.15, 0.2) is 59.8 Å². The van der Waals surface area contributed by atoms with Crippen LogP contribution in [0, 0.1) is 0 Å². The van der Waals surface area contributed by atoms with E-state index < -0.39 is 0 Å². The fraction of sp³-hybridized carbons (Fsp3) is 0.286. The number of amides is 1. The molecule has 152 valence electrons. The zero-order valence-electron chi connectivity index (χ0n) is 16.7. The molecule has 3 rings (SSSR count). The van der Waals surface area contributed by atoms with Crippen LogP contribution in [0.25, 0.3) is 0 Å². The third kappa shape index (κ3) is 5.51. The predicted octanol–water partition coefficient (Wildman–Crippen LogP) is 4.18. The minimum Gasteiger partial charge on any atom is -0.497 e. The van der Waals surface area contributed by atoms with Gasteiger partial charge in [-0.2, -0.15) is 0 Å². The van der Waals surface area contributed by atoms with Gasteiger partial charge in [-0.15, -0.1) is 10.2 Å². The van der Waals surface area contributed by atoms with Crippen molar-refractivity contribution in [2.75, 3.05) is 18.2 Å². The Labute approximate surface area is 174 Å². The normalized spacial score (nSPS) is 11.7. The average molecular weight is 413 g/mol. The highest BCUT2D eigenvalue weighted by Crippen LogP contribution is 2.26. The molecule has 0 aliphatic rings. The van der Waals surface area contributed by atoms with Crippen LogP contribution in [0.2, 0.25) is 0 Å². The minimum atomic E-state index is -0.304. The van der Waals surface area contributed by atoms with Crippen LogP contribution < -0.4 is 14.8 Å². The first kappa shape index (κ1) is 20.7. The fourth-order valence-corrected chi connectivity index (χ4v) is 3.59. The number of methoxy groups -OCH3 is 1. The second-order valence-electron chi connectivity index (χ2n) is 6.23. The Bertz CT molecular complexity index is 946. The summed E-state index contributed by atoms with van der Waals surface area (Å²) in [7, 11) is 1.62. The van der Waals surface area contributed by atoms with Gasteiger partial charge >= 0.3 is 0 Å². The van der Waals surface area contributed by atoms with Gasteiger partial charge in [-0.25, -0.2) is 0 Å². The van der Waals surface area contributed by atoms with Crippen LogP contribution in [-0.4, -0.2) is 33.5 Å². The van der Waals surface area contributed by atoms with E-state index in [0.29, 0.717) is 23.3 Å². The van der Waals surface area contributed by atoms with Crippen LogP contribution >= 0.6 is 11.8 Å². The first-order valence-corrected chi connectivity index (χ1v) is 10.3. The lowest BCUT2D eigenvalue weighted by molar-refractivity contribution is -0.113. The number of thioether (sulfide) groups is 1. The molecule has 8 heteroatoms. The maximum atomic E-state index is 12.2. The van der Waals surface area contributed by atoms with Gasteiger partial charge in [0.15, 0.2) is 17.1 Å². The van der Waals surface area contributed by atoms with E-state index in [2.05, 4.69) is 15.5 Å². The monoisotopic (exact) mass is 412 g/mol. The Morgan fingerprint density at radius 3 is 2.62 bits per heavy atom. The van der Waals surface area contributed by atoms with Crippen molar-refractivity contribution < 1.29 is 14.3 Å². The van der Waals surface area contributed by atoms with Gasteiger partial charge in [0.05, 0.1) is 12.9 Å². The quantitative estimate of drug-likeness (QED) is 0.531. The summed E-state index contributed by atoms with van der Waals surface area (Å²) in [6.07, 6.45) is -0.304. The molecule has 1 amide bonds. The summed E-state index contributed by atoms with van der Waals surface area (Å²) < 4.78 is 13.2. The van der Waals surface area contributed by atoms with Crippen LogP contribution in [-0.2, 0) is 11.3 Å². The molecule has 29 heavy (non-hydrogen) atoms. The molecule has 0 saturated carbocycles. The number of ether oxygens (including phenoxy) is 2. The first-order chi connectivity index (χ1) is 14.1. The number of carbonyl (C=O) groups is 1. The summed E-state index contributed by atoms with van der Waals surface area (Å²) in [4.78, 5) is 12.2. The molecule has 0 radical (unpaired) electrons. The number of hydrogen-bond acceptors (Lipinski definition) is 6. The molecule has 0 aliphatic carbocycles. The molecule has 3 aromatic rings. The Balaban J connectivity index is 1.63.